The van der Waals surface area contributed by atoms with Crippen molar-refractivity contribution in [3.05, 3.63) is 58.9 Å². The zero-order valence-corrected chi connectivity index (χ0v) is 15.4. The van der Waals surface area contributed by atoms with Crippen LogP contribution >= 0.6 is 0 Å². The molecule has 138 valence electrons. The van der Waals surface area contributed by atoms with Crippen molar-refractivity contribution in [3.63, 3.8) is 0 Å². The van der Waals surface area contributed by atoms with Gasteiger partial charge in [0.15, 0.2) is 0 Å². The molecule has 0 radical (unpaired) electrons. The topological polar surface area (TPSA) is 80.4 Å². The number of primary amides is 1. The van der Waals surface area contributed by atoms with E-state index in [1.54, 1.807) is 13.1 Å². The van der Waals surface area contributed by atoms with Gasteiger partial charge >= 0.3 is 0 Å². The first kappa shape index (κ1) is 18.2. The third kappa shape index (κ3) is 3.65. The Morgan fingerprint density at radius 2 is 2.04 bits per heavy atom. The zero-order valence-electron chi connectivity index (χ0n) is 15.4. The Kier molecular flexibility index (Phi) is 5.42. The second kappa shape index (κ2) is 7.74. The highest BCUT2D eigenvalue weighted by molar-refractivity contribution is 5.93. The summed E-state index contributed by atoms with van der Waals surface area (Å²) in [6.45, 7) is 1.75. The van der Waals surface area contributed by atoms with Gasteiger partial charge in [0.05, 0.1) is 6.04 Å². The number of nitrogens with zero attached hydrogens (tertiary/aromatic N) is 2. The summed E-state index contributed by atoms with van der Waals surface area (Å²) in [5.41, 5.74) is 8.84. The minimum absolute atomic E-state index is 0.0738. The van der Waals surface area contributed by atoms with E-state index in [0.717, 1.165) is 37.2 Å². The number of nitrogens with one attached hydrogen (secondary N) is 1. The standard InChI is InChI=1S/C20H26N4O2/c1-22-20(26)18-10-9-16(23(18)2)17-8-3-4-11-24(17)13-14-6-5-7-15(12-14)19(21)25/h5-7,9-10,12,17H,3-4,8,11,13H2,1-2H3,(H2,21,25)(H,22,26). The van der Waals surface area contributed by atoms with Crippen LogP contribution < -0.4 is 11.1 Å². The number of nitrogens with two attached hydrogens (primary N) is 1. The van der Waals surface area contributed by atoms with Crippen LogP contribution in [0.2, 0.25) is 0 Å². The summed E-state index contributed by atoms with van der Waals surface area (Å²) < 4.78 is 1.99. The number of carbonyl (C=O) groups is 2. The summed E-state index contributed by atoms with van der Waals surface area (Å²) >= 11 is 0. The van der Waals surface area contributed by atoms with E-state index in [1.165, 1.54) is 6.42 Å². The summed E-state index contributed by atoms with van der Waals surface area (Å²) in [4.78, 5) is 25.9. The van der Waals surface area contributed by atoms with E-state index in [-0.39, 0.29) is 11.9 Å². The molecule has 6 heteroatoms. The number of likely N-dealkylation sites (tertiary alicyclic amines) is 1. The average Bonchev–Trinajstić information content (AvgIpc) is 3.03. The van der Waals surface area contributed by atoms with Crippen LogP contribution in [-0.2, 0) is 13.6 Å². The molecule has 0 bridgehead atoms. The molecule has 1 atom stereocenters. The molecule has 1 aromatic carbocycles. The fourth-order valence-corrected chi connectivity index (χ4v) is 3.79. The Morgan fingerprint density at radius 3 is 2.77 bits per heavy atom. The molecule has 1 fully saturated rings. The van der Waals surface area contributed by atoms with Gasteiger partial charge in [-0.2, -0.15) is 0 Å². The number of benzene rings is 1. The Morgan fingerprint density at radius 1 is 1.23 bits per heavy atom. The zero-order chi connectivity index (χ0) is 18.7. The molecular formula is C20H26N4O2. The van der Waals surface area contributed by atoms with Gasteiger partial charge in [-0.25, -0.2) is 0 Å². The smallest absolute Gasteiger partial charge is 0.267 e. The largest absolute Gasteiger partial charge is 0.366 e. The van der Waals surface area contributed by atoms with Crippen LogP contribution in [0.3, 0.4) is 0 Å². The van der Waals surface area contributed by atoms with Crippen LogP contribution in [0.4, 0.5) is 0 Å². The number of rotatable bonds is 5. The van der Waals surface area contributed by atoms with Crippen molar-refractivity contribution in [1.82, 2.24) is 14.8 Å². The molecule has 0 saturated carbocycles. The first-order valence-corrected chi connectivity index (χ1v) is 9.01. The maximum absolute atomic E-state index is 12.0. The van der Waals surface area contributed by atoms with E-state index in [0.29, 0.717) is 11.3 Å². The first-order valence-electron chi connectivity index (χ1n) is 9.01. The van der Waals surface area contributed by atoms with Gasteiger partial charge in [0.2, 0.25) is 5.91 Å². The lowest BCUT2D eigenvalue weighted by molar-refractivity contribution is 0.0951. The number of carbonyl (C=O) groups excluding carboxylic acids is 2. The predicted molar refractivity (Wildman–Crippen MR) is 101 cm³/mol. The Balaban J connectivity index is 1.85. The Bertz CT molecular complexity index is 812. The summed E-state index contributed by atoms with van der Waals surface area (Å²) in [6.07, 6.45) is 3.38. The second-order valence-corrected chi connectivity index (χ2v) is 6.83. The molecule has 3 N–H and O–H groups in total. The van der Waals surface area contributed by atoms with Crippen LogP contribution in [0.5, 0.6) is 0 Å². The third-order valence-corrected chi connectivity index (χ3v) is 5.17. The van der Waals surface area contributed by atoms with Gasteiger partial charge in [0, 0.05) is 31.9 Å². The molecule has 0 aliphatic carbocycles. The van der Waals surface area contributed by atoms with Gasteiger partial charge in [-0.15, -0.1) is 0 Å². The first-order chi connectivity index (χ1) is 12.5. The molecular weight excluding hydrogens is 328 g/mol. The van der Waals surface area contributed by atoms with E-state index in [2.05, 4.69) is 10.2 Å². The molecule has 0 spiro atoms. The van der Waals surface area contributed by atoms with Crippen molar-refractivity contribution in [2.75, 3.05) is 13.6 Å². The number of hydrogen-bond donors (Lipinski definition) is 2. The molecule has 1 aromatic heterocycles. The minimum Gasteiger partial charge on any atom is -0.366 e. The highest BCUT2D eigenvalue weighted by atomic mass is 16.2. The van der Waals surface area contributed by atoms with Gasteiger partial charge in [-0.1, -0.05) is 18.6 Å². The van der Waals surface area contributed by atoms with Crippen molar-refractivity contribution in [3.8, 4) is 0 Å². The summed E-state index contributed by atoms with van der Waals surface area (Å²) in [7, 11) is 3.59. The quantitative estimate of drug-likeness (QED) is 0.864. The van der Waals surface area contributed by atoms with Gasteiger partial charge in [-0.05, 0) is 49.2 Å². The summed E-state index contributed by atoms with van der Waals surface area (Å²) in [6, 6.07) is 11.7. The second-order valence-electron chi connectivity index (χ2n) is 6.83. The van der Waals surface area contributed by atoms with Gasteiger partial charge in [0.25, 0.3) is 5.91 Å². The van der Waals surface area contributed by atoms with Crippen LogP contribution in [0.25, 0.3) is 0 Å². The summed E-state index contributed by atoms with van der Waals surface area (Å²) in [5.74, 6) is -0.477. The molecule has 6 nitrogen and oxygen atoms in total. The molecule has 2 aromatic rings. The van der Waals surface area contributed by atoms with Crippen molar-refractivity contribution >= 4 is 11.8 Å². The van der Waals surface area contributed by atoms with Crippen LogP contribution in [0.1, 0.15) is 57.4 Å². The van der Waals surface area contributed by atoms with E-state index in [1.807, 2.05) is 41.9 Å². The molecule has 2 amide bonds. The fraction of sp³-hybridized carbons (Fsp3) is 0.400. The van der Waals surface area contributed by atoms with E-state index < -0.39 is 5.91 Å². The lowest BCUT2D eigenvalue weighted by Gasteiger charge is -2.36. The lowest BCUT2D eigenvalue weighted by Crippen LogP contribution is -2.34. The SMILES string of the molecule is CNC(=O)c1ccc(C2CCCCN2Cc2cccc(C(N)=O)c2)n1C. The highest BCUT2D eigenvalue weighted by Gasteiger charge is 2.27. The molecule has 1 unspecified atom stereocenters. The van der Waals surface area contributed by atoms with E-state index in [9.17, 15) is 9.59 Å². The molecule has 1 aliphatic rings. The maximum atomic E-state index is 12.0. The lowest BCUT2D eigenvalue weighted by atomic mass is 9.98. The number of amides is 2. The van der Waals surface area contributed by atoms with Crippen molar-refractivity contribution in [1.29, 1.82) is 0 Å². The molecule has 2 heterocycles. The third-order valence-electron chi connectivity index (χ3n) is 5.17. The van der Waals surface area contributed by atoms with Crippen molar-refractivity contribution in [2.45, 2.75) is 31.8 Å². The minimum atomic E-state index is -0.403. The Labute approximate surface area is 154 Å². The summed E-state index contributed by atoms with van der Waals surface area (Å²) in [5, 5.41) is 2.69. The van der Waals surface area contributed by atoms with Crippen molar-refractivity contribution in [2.24, 2.45) is 12.8 Å². The van der Waals surface area contributed by atoms with E-state index in [4.69, 9.17) is 5.73 Å². The van der Waals surface area contributed by atoms with Crippen molar-refractivity contribution < 1.29 is 9.59 Å². The number of aromatic nitrogens is 1. The molecule has 1 saturated heterocycles. The predicted octanol–water partition coefficient (Wildman–Crippen LogP) is 2.21. The molecule has 3 rings (SSSR count). The van der Waals surface area contributed by atoms with Crippen LogP contribution in [0, 0.1) is 0 Å². The maximum Gasteiger partial charge on any atom is 0.267 e. The Hall–Kier alpha value is -2.60. The fourth-order valence-electron chi connectivity index (χ4n) is 3.79. The van der Waals surface area contributed by atoms with E-state index >= 15 is 0 Å². The monoisotopic (exact) mass is 354 g/mol. The highest BCUT2D eigenvalue weighted by Crippen LogP contribution is 2.33. The molecule has 1 aliphatic heterocycles. The number of piperidine rings is 1. The van der Waals surface area contributed by atoms with Gasteiger partial charge in [-0.3, -0.25) is 14.5 Å². The molecule has 26 heavy (non-hydrogen) atoms. The van der Waals surface area contributed by atoms with Crippen LogP contribution in [-0.4, -0.2) is 34.9 Å². The average molecular weight is 354 g/mol. The normalized spacial score (nSPS) is 17.8. The van der Waals surface area contributed by atoms with Gasteiger partial charge in [0.1, 0.15) is 5.69 Å². The number of hydrogen-bond acceptors (Lipinski definition) is 3. The van der Waals surface area contributed by atoms with Gasteiger partial charge < -0.3 is 15.6 Å². The van der Waals surface area contributed by atoms with Crippen LogP contribution in [0.15, 0.2) is 36.4 Å².